The lowest BCUT2D eigenvalue weighted by Crippen LogP contribution is -2.47. The minimum atomic E-state index is -0.286. The van der Waals surface area contributed by atoms with E-state index in [2.05, 4.69) is 38.1 Å². The quantitative estimate of drug-likeness (QED) is 0.440. The molecule has 9 heteroatoms. The maximum absolute atomic E-state index is 12.9. The lowest BCUT2D eigenvalue weighted by molar-refractivity contribution is 0.102. The molecule has 178 valence electrons. The van der Waals surface area contributed by atoms with E-state index >= 15 is 0 Å². The van der Waals surface area contributed by atoms with Crippen LogP contribution in [-0.4, -0.2) is 54.1 Å². The van der Waals surface area contributed by atoms with E-state index in [9.17, 15) is 4.79 Å². The number of fused-ring (bicyclic) bond motifs is 1. The molecule has 2 aromatic heterocycles. The first kappa shape index (κ1) is 22.9. The van der Waals surface area contributed by atoms with Gasteiger partial charge in [-0.25, -0.2) is 15.0 Å². The molecule has 2 aromatic carbocycles. The first-order valence-corrected chi connectivity index (χ1v) is 11.7. The summed E-state index contributed by atoms with van der Waals surface area (Å²) in [5.41, 5.74) is 3.03. The number of pyridine rings is 1. The van der Waals surface area contributed by atoms with Gasteiger partial charge >= 0.3 is 0 Å². The molecule has 0 aliphatic carbocycles. The van der Waals surface area contributed by atoms with Gasteiger partial charge in [-0.3, -0.25) is 4.79 Å². The Labute approximate surface area is 208 Å². The number of piperazine rings is 1. The van der Waals surface area contributed by atoms with E-state index < -0.39 is 0 Å². The highest BCUT2D eigenvalue weighted by Gasteiger charge is 2.21. The second-order valence-corrected chi connectivity index (χ2v) is 8.79. The molecule has 0 spiro atoms. The fourth-order valence-corrected chi connectivity index (χ4v) is 4.43. The summed E-state index contributed by atoms with van der Waals surface area (Å²) in [7, 11) is 1.53. The predicted molar refractivity (Wildman–Crippen MR) is 139 cm³/mol. The number of hydrogen-bond acceptors (Lipinski definition) is 7. The number of carbonyl (C=O) groups is 1. The van der Waals surface area contributed by atoms with E-state index in [4.69, 9.17) is 21.3 Å². The number of aryl methyl sites for hydroxylation is 1. The van der Waals surface area contributed by atoms with Crippen molar-refractivity contribution < 1.29 is 9.53 Å². The third-order valence-corrected chi connectivity index (χ3v) is 6.34. The number of carbonyl (C=O) groups excluding carboxylic acids is 1. The van der Waals surface area contributed by atoms with Gasteiger partial charge < -0.3 is 19.9 Å². The number of halogens is 1. The van der Waals surface area contributed by atoms with Crippen molar-refractivity contribution >= 4 is 45.9 Å². The Kier molecular flexibility index (Phi) is 6.37. The summed E-state index contributed by atoms with van der Waals surface area (Å²) in [5, 5.41) is 4.40. The van der Waals surface area contributed by atoms with E-state index in [1.807, 2.05) is 24.3 Å². The Morgan fingerprint density at radius 2 is 1.74 bits per heavy atom. The van der Waals surface area contributed by atoms with E-state index in [-0.39, 0.29) is 5.91 Å². The van der Waals surface area contributed by atoms with Gasteiger partial charge in [-0.2, -0.15) is 0 Å². The maximum atomic E-state index is 12.9. The summed E-state index contributed by atoms with van der Waals surface area (Å²) in [6, 6.07) is 14.6. The van der Waals surface area contributed by atoms with Crippen LogP contribution in [0.25, 0.3) is 10.9 Å². The number of nitrogens with one attached hydrogen (secondary N) is 1. The van der Waals surface area contributed by atoms with Crippen molar-refractivity contribution in [3.8, 4) is 5.75 Å². The number of aromatic nitrogens is 3. The molecule has 0 bridgehead atoms. The maximum Gasteiger partial charge on any atom is 0.259 e. The van der Waals surface area contributed by atoms with E-state index in [0.29, 0.717) is 22.0 Å². The average molecular weight is 489 g/mol. The fraction of sp³-hybridized carbons (Fsp3) is 0.231. The number of amides is 1. The SMILES string of the molecule is COc1ccc(Cl)cc1C(=O)Nc1ccc2nc(N3CCN(c4ncccn4)CC3)cc(C)c2c1. The molecule has 0 saturated carbocycles. The van der Waals surface area contributed by atoms with Crippen LogP contribution in [0.1, 0.15) is 15.9 Å². The number of ether oxygens (including phenoxy) is 1. The van der Waals surface area contributed by atoms with Crippen LogP contribution in [0.3, 0.4) is 0 Å². The van der Waals surface area contributed by atoms with Crippen LogP contribution < -0.4 is 19.9 Å². The molecule has 1 amide bonds. The molecule has 0 atom stereocenters. The highest BCUT2D eigenvalue weighted by Crippen LogP contribution is 2.28. The Morgan fingerprint density at radius 1 is 1.00 bits per heavy atom. The molecule has 0 radical (unpaired) electrons. The monoisotopic (exact) mass is 488 g/mol. The molecule has 1 aliphatic rings. The van der Waals surface area contributed by atoms with Crippen molar-refractivity contribution in [3.05, 3.63) is 77.1 Å². The second-order valence-electron chi connectivity index (χ2n) is 8.35. The molecule has 1 saturated heterocycles. The summed E-state index contributed by atoms with van der Waals surface area (Å²) in [5.74, 6) is 1.89. The molecule has 1 fully saturated rings. The highest BCUT2D eigenvalue weighted by molar-refractivity contribution is 6.31. The molecule has 5 rings (SSSR count). The molecule has 8 nitrogen and oxygen atoms in total. The van der Waals surface area contributed by atoms with Crippen LogP contribution in [0.2, 0.25) is 5.02 Å². The van der Waals surface area contributed by atoms with Gasteiger partial charge in [0.1, 0.15) is 11.6 Å². The summed E-state index contributed by atoms with van der Waals surface area (Å²) in [6.45, 7) is 5.41. The van der Waals surface area contributed by atoms with Crippen molar-refractivity contribution in [3.63, 3.8) is 0 Å². The van der Waals surface area contributed by atoms with Crippen LogP contribution in [0.5, 0.6) is 5.75 Å². The Morgan fingerprint density at radius 3 is 2.49 bits per heavy atom. The molecular formula is C26H25ClN6O2. The highest BCUT2D eigenvalue weighted by atomic mass is 35.5. The van der Waals surface area contributed by atoms with Gasteiger partial charge in [-0.1, -0.05) is 11.6 Å². The van der Waals surface area contributed by atoms with Crippen LogP contribution in [0.15, 0.2) is 60.9 Å². The molecule has 1 N–H and O–H groups in total. The Bertz CT molecular complexity index is 1370. The number of benzene rings is 2. The topological polar surface area (TPSA) is 83.5 Å². The predicted octanol–water partition coefficient (Wildman–Crippen LogP) is 4.57. The molecule has 0 unspecified atom stereocenters. The van der Waals surface area contributed by atoms with Crippen LogP contribution in [0, 0.1) is 6.92 Å². The first-order valence-electron chi connectivity index (χ1n) is 11.3. The fourth-order valence-electron chi connectivity index (χ4n) is 4.26. The van der Waals surface area contributed by atoms with Gasteiger partial charge in [0, 0.05) is 54.7 Å². The number of nitrogens with zero attached hydrogens (tertiary/aromatic N) is 5. The molecule has 3 heterocycles. The largest absolute Gasteiger partial charge is 0.496 e. The second kappa shape index (κ2) is 9.76. The summed E-state index contributed by atoms with van der Waals surface area (Å²) in [6.07, 6.45) is 3.54. The first-order chi connectivity index (χ1) is 17.0. The minimum absolute atomic E-state index is 0.286. The van der Waals surface area contributed by atoms with Crippen molar-refractivity contribution in [1.29, 1.82) is 0 Å². The normalized spacial score (nSPS) is 13.7. The van der Waals surface area contributed by atoms with Gasteiger partial charge in [-0.05, 0) is 61.0 Å². The smallest absolute Gasteiger partial charge is 0.259 e. The zero-order valence-corrected chi connectivity index (χ0v) is 20.3. The Hall–Kier alpha value is -3.91. The van der Waals surface area contributed by atoms with Crippen LogP contribution in [0.4, 0.5) is 17.5 Å². The van der Waals surface area contributed by atoms with Gasteiger partial charge in [0.25, 0.3) is 5.91 Å². The lowest BCUT2D eigenvalue weighted by Gasteiger charge is -2.35. The van der Waals surface area contributed by atoms with Gasteiger partial charge in [0.05, 0.1) is 18.2 Å². The zero-order valence-electron chi connectivity index (χ0n) is 19.5. The van der Waals surface area contributed by atoms with Crippen molar-refractivity contribution in [2.45, 2.75) is 6.92 Å². The standard InChI is InChI=1S/C26H25ClN6O2/c1-17-14-24(32-10-12-33(13-11-32)26-28-8-3-9-29-26)31-22-6-5-19(16-20(17)22)30-25(34)21-15-18(27)4-7-23(21)35-2/h3-9,14-16H,10-13H2,1-2H3,(H,30,34). The van der Waals surface area contributed by atoms with E-state index in [0.717, 1.165) is 54.4 Å². The third kappa shape index (κ3) is 4.83. The Balaban J connectivity index is 1.33. The number of rotatable bonds is 5. The van der Waals surface area contributed by atoms with E-state index in [1.54, 1.807) is 30.6 Å². The molecule has 4 aromatic rings. The van der Waals surface area contributed by atoms with Crippen molar-refractivity contribution in [1.82, 2.24) is 15.0 Å². The van der Waals surface area contributed by atoms with Gasteiger partial charge in [-0.15, -0.1) is 0 Å². The third-order valence-electron chi connectivity index (χ3n) is 6.10. The number of methoxy groups -OCH3 is 1. The number of hydrogen-bond donors (Lipinski definition) is 1. The minimum Gasteiger partial charge on any atom is -0.496 e. The average Bonchev–Trinajstić information content (AvgIpc) is 2.89. The van der Waals surface area contributed by atoms with Crippen LogP contribution in [-0.2, 0) is 0 Å². The van der Waals surface area contributed by atoms with E-state index in [1.165, 1.54) is 7.11 Å². The van der Waals surface area contributed by atoms with Gasteiger partial charge in [0.15, 0.2) is 0 Å². The summed E-state index contributed by atoms with van der Waals surface area (Å²) >= 11 is 6.08. The van der Waals surface area contributed by atoms with Gasteiger partial charge in [0.2, 0.25) is 5.95 Å². The molecular weight excluding hydrogens is 464 g/mol. The molecule has 35 heavy (non-hydrogen) atoms. The number of anilines is 3. The summed E-state index contributed by atoms with van der Waals surface area (Å²) < 4.78 is 5.31. The summed E-state index contributed by atoms with van der Waals surface area (Å²) in [4.78, 5) is 31.0. The lowest BCUT2D eigenvalue weighted by atomic mass is 10.1. The zero-order chi connectivity index (χ0) is 24.4. The van der Waals surface area contributed by atoms with Crippen LogP contribution >= 0.6 is 11.6 Å². The van der Waals surface area contributed by atoms with Crippen molar-refractivity contribution in [2.75, 3.05) is 48.4 Å². The molecule has 1 aliphatic heterocycles. The van der Waals surface area contributed by atoms with Crippen molar-refractivity contribution in [2.24, 2.45) is 0 Å².